The largest absolute Gasteiger partial charge is 0.365 e. The predicted octanol–water partition coefficient (Wildman–Crippen LogP) is 6.23. The average molecular weight is 338 g/mol. The zero-order valence-corrected chi connectivity index (χ0v) is 15.7. The van der Waals surface area contributed by atoms with E-state index in [-0.39, 0.29) is 5.78 Å². The summed E-state index contributed by atoms with van der Waals surface area (Å²) >= 11 is 0. The fourth-order valence-corrected chi connectivity index (χ4v) is 2.84. The van der Waals surface area contributed by atoms with Gasteiger partial charge in [-0.2, -0.15) is 0 Å². The molecule has 1 atom stereocenters. The fraction of sp³-hybridized carbons (Fsp3) is 0.435. The molecule has 2 heteroatoms. The van der Waals surface area contributed by atoms with Crippen LogP contribution in [-0.4, -0.2) is 12.4 Å². The van der Waals surface area contributed by atoms with Crippen molar-refractivity contribution in [3.63, 3.8) is 0 Å². The van der Waals surface area contributed by atoms with Crippen LogP contribution in [0, 0.1) is 5.41 Å². The maximum Gasteiger partial charge on any atom is 0.196 e. The Morgan fingerprint density at radius 2 is 1.48 bits per heavy atom. The second-order valence-corrected chi connectivity index (χ2v) is 7.76. The van der Waals surface area contributed by atoms with E-state index in [9.17, 15) is 4.79 Å². The van der Waals surface area contributed by atoms with E-state index < -0.39 is 6.10 Å². The zero-order chi connectivity index (χ0) is 18.1. The van der Waals surface area contributed by atoms with Gasteiger partial charge in [0.15, 0.2) is 5.78 Å². The first-order valence-corrected chi connectivity index (χ1v) is 9.23. The Labute approximate surface area is 152 Å². The standard InChI is InChI=1S/C23H30O2/c1-23(2,3)17-11-6-12-18-25-22(20-15-9-5-10-16-20)21(24)19-13-7-4-8-14-19/h4-5,7-10,13-16,22H,6,11-12,17-18H2,1-3H3. The monoisotopic (exact) mass is 338 g/mol. The summed E-state index contributed by atoms with van der Waals surface area (Å²) < 4.78 is 6.03. The fourth-order valence-electron chi connectivity index (χ4n) is 2.84. The van der Waals surface area contributed by atoms with Gasteiger partial charge in [0.2, 0.25) is 0 Å². The lowest BCUT2D eigenvalue weighted by molar-refractivity contribution is 0.0389. The van der Waals surface area contributed by atoms with Crippen molar-refractivity contribution in [2.45, 2.75) is 52.6 Å². The first-order chi connectivity index (χ1) is 12.0. The van der Waals surface area contributed by atoms with Crippen molar-refractivity contribution < 1.29 is 9.53 Å². The highest BCUT2D eigenvalue weighted by Gasteiger charge is 2.22. The quantitative estimate of drug-likeness (QED) is 0.400. The van der Waals surface area contributed by atoms with Crippen molar-refractivity contribution in [3.8, 4) is 0 Å². The summed E-state index contributed by atoms with van der Waals surface area (Å²) in [7, 11) is 0. The highest BCUT2D eigenvalue weighted by molar-refractivity contribution is 6.00. The Morgan fingerprint density at radius 1 is 0.880 bits per heavy atom. The number of carbonyl (C=O) groups is 1. The minimum Gasteiger partial charge on any atom is -0.365 e. The SMILES string of the molecule is CC(C)(C)CCCCCOC(C(=O)c1ccccc1)c1ccccc1. The molecule has 0 aliphatic heterocycles. The third-order valence-electron chi connectivity index (χ3n) is 4.25. The molecule has 25 heavy (non-hydrogen) atoms. The third kappa shape index (κ3) is 6.83. The predicted molar refractivity (Wildman–Crippen MR) is 104 cm³/mol. The summed E-state index contributed by atoms with van der Waals surface area (Å²) in [5, 5.41) is 0. The van der Waals surface area contributed by atoms with Crippen molar-refractivity contribution in [1.82, 2.24) is 0 Å². The normalized spacial score (nSPS) is 12.8. The number of hydrogen-bond donors (Lipinski definition) is 0. The van der Waals surface area contributed by atoms with Crippen LogP contribution < -0.4 is 0 Å². The van der Waals surface area contributed by atoms with Gasteiger partial charge in [0.1, 0.15) is 6.10 Å². The number of Topliss-reactive ketones (excluding diaryl/α,β-unsaturated/α-hetero) is 1. The Bertz CT molecular complexity index is 626. The maximum absolute atomic E-state index is 12.9. The smallest absolute Gasteiger partial charge is 0.196 e. The molecule has 0 saturated heterocycles. The molecule has 0 radical (unpaired) electrons. The molecule has 0 spiro atoms. The molecule has 2 nitrogen and oxygen atoms in total. The van der Waals surface area contributed by atoms with Crippen LogP contribution in [-0.2, 0) is 4.74 Å². The second kappa shape index (κ2) is 9.53. The van der Waals surface area contributed by atoms with E-state index >= 15 is 0 Å². The number of ketones is 1. The number of carbonyl (C=O) groups excluding carboxylic acids is 1. The van der Waals surface area contributed by atoms with Crippen molar-refractivity contribution in [2.75, 3.05) is 6.61 Å². The molecule has 0 aliphatic carbocycles. The molecule has 0 aromatic heterocycles. The van der Waals surface area contributed by atoms with Crippen LogP contribution in [0.25, 0.3) is 0 Å². The van der Waals surface area contributed by atoms with E-state index in [4.69, 9.17) is 4.74 Å². The lowest BCUT2D eigenvalue weighted by Crippen LogP contribution is -2.17. The van der Waals surface area contributed by atoms with Gasteiger partial charge in [-0.15, -0.1) is 0 Å². The summed E-state index contributed by atoms with van der Waals surface area (Å²) in [5.41, 5.74) is 2.01. The highest BCUT2D eigenvalue weighted by Crippen LogP contribution is 2.24. The molecule has 1 unspecified atom stereocenters. The van der Waals surface area contributed by atoms with Gasteiger partial charge in [-0.3, -0.25) is 4.79 Å². The molecule has 0 saturated carbocycles. The molecule has 2 aromatic rings. The van der Waals surface area contributed by atoms with E-state index in [0.717, 1.165) is 18.4 Å². The molecule has 0 aliphatic rings. The molecule has 134 valence electrons. The number of unbranched alkanes of at least 4 members (excludes halogenated alkanes) is 2. The molecule has 0 bridgehead atoms. The topological polar surface area (TPSA) is 26.3 Å². The minimum atomic E-state index is -0.522. The number of benzene rings is 2. The van der Waals surface area contributed by atoms with E-state index in [1.165, 1.54) is 12.8 Å². The molecule has 2 aromatic carbocycles. The Morgan fingerprint density at radius 3 is 2.08 bits per heavy atom. The minimum absolute atomic E-state index is 0.0292. The summed E-state index contributed by atoms with van der Waals surface area (Å²) in [6.45, 7) is 7.43. The summed E-state index contributed by atoms with van der Waals surface area (Å²) in [5.74, 6) is 0.0292. The molecule has 2 rings (SSSR count). The van der Waals surface area contributed by atoms with E-state index in [0.29, 0.717) is 17.6 Å². The van der Waals surface area contributed by atoms with Crippen LogP contribution in [0.2, 0.25) is 0 Å². The van der Waals surface area contributed by atoms with Crippen molar-refractivity contribution in [3.05, 3.63) is 71.8 Å². The van der Waals surface area contributed by atoms with Gasteiger partial charge in [0, 0.05) is 12.2 Å². The Balaban J connectivity index is 1.93. The van der Waals surface area contributed by atoms with Gasteiger partial charge in [-0.25, -0.2) is 0 Å². The van der Waals surface area contributed by atoms with Crippen LogP contribution in [0.15, 0.2) is 60.7 Å². The lowest BCUT2D eigenvalue weighted by Gasteiger charge is -2.19. The van der Waals surface area contributed by atoms with E-state index in [1.807, 2.05) is 60.7 Å². The van der Waals surface area contributed by atoms with Crippen molar-refractivity contribution in [1.29, 1.82) is 0 Å². The van der Waals surface area contributed by atoms with E-state index in [1.54, 1.807) is 0 Å². The van der Waals surface area contributed by atoms with Crippen LogP contribution in [0.3, 0.4) is 0 Å². The third-order valence-corrected chi connectivity index (χ3v) is 4.25. The highest BCUT2D eigenvalue weighted by atomic mass is 16.5. The summed E-state index contributed by atoms with van der Waals surface area (Å²) in [4.78, 5) is 12.9. The van der Waals surface area contributed by atoms with Gasteiger partial charge in [0.05, 0.1) is 0 Å². The van der Waals surface area contributed by atoms with Crippen LogP contribution in [0.5, 0.6) is 0 Å². The molecule has 0 N–H and O–H groups in total. The van der Waals surface area contributed by atoms with Crippen LogP contribution in [0.4, 0.5) is 0 Å². The Hall–Kier alpha value is -1.93. The zero-order valence-electron chi connectivity index (χ0n) is 15.7. The molecular formula is C23H30O2. The van der Waals surface area contributed by atoms with Gasteiger partial charge < -0.3 is 4.74 Å². The number of hydrogen-bond acceptors (Lipinski definition) is 2. The average Bonchev–Trinajstić information content (AvgIpc) is 2.61. The molecule has 0 fully saturated rings. The van der Waals surface area contributed by atoms with Crippen LogP contribution >= 0.6 is 0 Å². The number of ether oxygens (including phenoxy) is 1. The second-order valence-electron chi connectivity index (χ2n) is 7.76. The first-order valence-electron chi connectivity index (χ1n) is 9.23. The van der Waals surface area contributed by atoms with Crippen molar-refractivity contribution in [2.24, 2.45) is 5.41 Å². The van der Waals surface area contributed by atoms with Gasteiger partial charge in [-0.1, -0.05) is 94.3 Å². The molecule has 0 heterocycles. The molecule has 0 amide bonds. The van der Waals surface area contributed by atoms with Gasteiger partial charge in [-0.05, 0) is 23.8 Å². The van der Waals surface area contributed by atoms with Crippen LogP contribution in [0.1, 0.15) is 68.5 Å². The summed E-state index contributed by atoms with van der Waals surface area (Å²) in [6, 6.07) is 19.2. The van der Waals surface area contributed by atoms with Gasteiger partial charge in [0.25, 0.3) is 0 Å². The molecular weight excluding hydrogens is 308 g/mol. The first kappa shape index (κ1) is 19.4. The van der Waals surface area contributed by atoms with Crippen molar-refractivity contribution >= 4 is 5.78 Å². The number of rotatable bonds is 9. The lowest BCUT2D eigenvalue weighted by atomic mass is 9.89. The van der Waals surface area contributed by atoms with E-state index in [2.05, 4.69) is 20.8 Å². The Kier molecular flexibility index (Phi) is 7.39. The van der Waals surface area contributed by atoms with Gasteiger partial charge >= 0.3 is 0 Å². The summed E-state index contributed by atoms with van der Waals surface area (Å²) in [6.07, 6.45) is 4.03. The maximum atomic E-state index is 12.9.